The zero-order chi connectivity index (χ0) is 36.1. The molecule has 3 fully saturated rings. The number of methoxy groups -OCH3 is 1. The molecule has 3 amide bonds. The van der Waals surface area contributed by atoms with Crippen molar-refractivity contribution in [3.05, 3.63) is 42.1 Å². The van der Waals surface area contributed by atoms with E-state index < -0.39 is 53.6 Å². The van der Waals surface area contributed by atoms with Crippen molar-refractivity contribution in [3.63, 3.8) is 0 Å². The van der Waals surface area contributed by atoms with Gasteiger partial charge in [-0.2, -0.15) is 0 Å². The number of amides is 3. The third kappa shape index (κ3) is 8.04. The van der Waals surface area contributed by atoms with E-state index >= 15 is 0 Å². The highest BCUT2D eigenvalue weighted by Gasteiger charge is 2.62. The minimum absolute atomic E-state index is 0.0368. The number of nitrogens with one attached hydrogen (secondary N) is 2. The van der Waals surface area contributed by atoms with Gasteiger partial charge in [0, 0.05) is 29.9 Å². The van der Waals surface area contributed by atoms with E-state index in [0.717, 1.165) is 44.9 Å². The maximum Gasteiger partial charge on any atom is 0.408 e. The average Bonchev–Trinajstić information content (AvgIpc) is 3.38. The van der Waals surface area contributed by atoms with Gasteiger partial charge in [-0.3, -0.25) is 9.59 Å². The van der Waals surface area contributed by atoms with Gasteiger partial charge < -0.3 is 39.6 Å². The number of pyridine rings is 1. The number of carbonyl (C=O) groups is 5. The van der Waals surface area contributed by atoms with Gasteiger partial charge in [0.15, 0.2) is 5.69 Å². The molecule has 51 heavy (non-hydrogen) atoms. The molecule has 3 N–H and O–H groups in total. The number of aromatic carboxylic acids is 1. The van der Waals surface area contributed by atoms with Gasteiger partial charge >= 0.3 is 18.0 Å². The largest absolute Gasteiger partial charge is 0.497 e. The predicted molar refractivity (Wildman–Crippen MR) is 183 cm³/mol. The Morgan fingerprint density at radius 1 is 1.06 bits per heavy atom. The van der Waals surface area contributed by atoms with Crippen molar-refractivity contribution in [1.82, 2.24) is 20.5 Å². The number of carboxylic acids is 1. The average molecular weight is 707 g/mol. The number of nitrogens with zero attached hydrogens (tertiary/aromatic N) is 2. The molecular formula is C37H46N4O10. The fourth-order valence-corrected chi connectivity index (χ4v) is 7.42. The first-order chi connectivity index (χ1) is 24.6. The third-order valence-corrected chi connectivity index (χ3v) is 10.2. The van der Waals surface area contributed by atoms with E-state index in [2.05, 4.69) is 15.6 Å². The van der Waals surface area contributed by atoms with Crippen molar-refractivity contribution in [2.75, 3.05) is 20.3 Å². The standard InChI is InChI=1S/C37H46N4O10/c1-3-49-35(46)37-20-22(37)11-7-5-4-6-8-14-27(39-36(47)51-23-12-9-10-13-23)33(43)41-21-25(18-30(41)32(42)40-37)50-31-19-29(34(44)45)38-28-17-24(48-2)15-16-26(28)31/h7,11,15-17,19,22-23,25,27,30H,3-6,8-10,12-14,18,20-21H2,1-2H3,(H,39,47)(H,40,42)(H,44,45)/b11-7-/t22?,25-,27+,30+,37-/m1/s1. The van der Waals surface area contributed by atoms with Crippen LogP contribution >= 0.6 is 0 Å². The molecule has 0 bridgehead atoms. The molecular weight excluding hydrogens is 660 g/mol. The summed E-state index contributed by atoms with van der Waals surface area (Å²) in [4.78, 5) is 72.6. The molecule has 1 saturated heterocycles. The Balaban J connectivity index is 1.31. The minimum atomic E-state index is -1.26. The summed E-state index contributed by atoms with van der Waals surface area (Å²) < 4.78 is 22.7. The molecule has 0 radical (unpaired) electrons. The first-order valence-electron chi connectivity index (χ1n) is 17.9. The predicted octanol–water partition coefficient (Wildman–Crippen LogP) is 4.29. The van der Waals surface area contributed by atoms with Crippen LogP contribution in [-0.2, 0) is 23.9 Å². The van der Waals surface area contributed by atoms with Crippen LogP contribution in [0, 0.1) is 5.92 Å². The first-order valence-corrected chi connectivity index (χ1v) is 17.9. The van der Waals surface area contributed by atoms with Crippen LogP contribution in [0.15, 0.2) is 36.4 Å². The van der Waals surface area contributed by atoms with Gasteiger partial charge in [0.05, 0.1) is 25.8 Å². The number of esters is 1. The van der Waals surface area contributed by atoms with Gasteiger partial charge in [0.2, 0.25) is 11.8 Å². The lowest BCUT2D eigenvalue weighted by atomic mass is 10.0. The summed E-state index contributed by atoms with van der Waals surface area (Å²) in [5.74, 6) is -2.36. The maximum absolute atomic E-state index is 14.4. The Hall–Kier alpha value is -4.88. The second kappa shape index (κ2) is 15.6. The normalized spacial score (nSPS) is 27.6. The molecule has 14 nitrogen and oxygen atoms in total. The fourth-order valence-electron chi connectivity index (χ4n) is 7.42. The highest BCUT2D eigenvalue weighted by molar-refractivity contribution is 5.97. The fraction of sp³-hybridized carbons (Fsp3) is 0.568. The molecule has 3 heterocycles. The number of allylic oxidation sites excluding steroid dienone is 1. The van der Waals surface area contributed by atoms with E-state index in [-0.39, 0.29) is 43.0 Å². The number of benzene rings is 1. The molecule has 1 unspecified atom stereocenters. The van der Waals surface area contributed by atoms with Gasteiger partial charge in [-0.25, -0.2) is 19.4 Å². The lowest BCUT2D eigenvalue weighted by Gasteiger charge is -2.29. The highest BCUT2D eigenvalue weighted by atomic mass is 16.6. The summed E-state index contributed by atoms with van der Waals surface area (Å²) in [5.41, 5.74) is -1.17. The summed E-state index contributed by atoms with van der Waals surface area (Å²) in [7, 11) is 1.49. The second-order valence-electron chi connectivity index (χ2n) is 13.7. The minimum Gasteiger partial charge on any atom is -0.497 e. The third-order valence-electron chi connectivity index (χ3n) is 10.2. The van der Waals surface area contributed by atoms with E-state index in [1.54, 1.807) is 25.1 Å². The lowest BCUT2D eigenvalue weighted by molar-refractivity contribution is -0.150. The van der Waals surface area contributed by atoms with Crippen molar-refractivity contribution in [3.8, 4) is 11.5 Å². The van der Waals surface area contributed by atoms with Gasteiger partial charge in [0.1, 0.15) is 41.3 Å². The number of carboxylic acid groups (broad SMARTS) is 1. The highest BCUT2D eigenvalue weighted by Crippen LogP contribution is 2.46. The van der Waals surface area contributed by atoms with Crippen LogP contribution in [0.2, 0.25) is 0 Å². The molecule has 0 spiro atoms. The van der Waals surface area contributed by atoms with Crippen LogP contribution < -0.4 is 20.1 Å². The van der Waals surface area contributed by atoms with Gasteiger partial charge in [-0.05, 0) is 70.4 Å². The van der Waals surface area contributed by atoms with Crippen molar-refractivity contribution in [1.29, 1.82) is 0 Å². The number of rotatable bonds is 8. The van der Waals surface area contributed by atoms with Crippen molar-refractivity contribution < 1.29 is 48.0 Å². The van der Waals surface area contributed by atoms with Crippen LogP contribution in [0.4, 0.5) is 4.79 Å². The van der Waals surface area contributed by atoms with Crippen LogP contribution in [0.1, 0.15) is 88.0 Å². The van der Waals surface area contributed by atoms with Gasteiger partial charge in [-0.1, -0.05) is 25.0 Å². The summed E-state index contributed by atoms with van der Waals surface area (Å²) in [6, 6.07) is 4.29. The van der Waals surface area contributed by atoms with Crippen LogP contribution in [0.25, 0.3) is 10.9 Å². The van der Waals surface area contributed by atoms with Gasteiger partial charge in [-0.15, -0.1) is 0 Å². The number of ether oxygens (including phenoxy) is 4. The summed E-state index contributed by atoms with van der Waals surface area (Å²) in [6.07, 6.45) is 9.67. The Labute approximate surface area is 296 Å². The Bertz CT molecular complexity index is 1690. The van der Waals surface area contributed by atoms with Gasteiger partial charge in [0.25, 0.3) is 0 Å². The van der Waals surface area contributed by atoms with Crippen LogP contribution in [0.5, 0.6) is 11.5 Å². The second-order valence-corrected chi connectivity index (χ2v) is 13.7. The van der Waals surface area contributed by atoms with E-state index in [1.165, 1.54) is 18.1 Å². The molecule has 2 aliphatic heterocycles. The SMILES string of the molecule is CCOC(=O)[C@@]12CC1/C=C\CCCCC[C@H](NC(=O)OC1CCCC1)C(=O)N1C[C@H](Oc3cc(C(=O)O)nc4cc(OC)ccc34)C[C@H]1C(=O)N2. The molecule has 4 aliphatic rings. The van der Waals surface area contributed by atoms with Crippen LogP contribution in [0.3, 0.4) is 0 Å². The zero-order valence-corrected chi connectivity index (χ0v) is 29.1. The Morgan fingerprint density at radius 3 is 2.59 bits per heavy atom. The molecule has 6 rings (SSSR count). The number of alkyl carbamates (subject to hydrolysis) is 1. The number of hydrogen-bond donors (Lipinski definition) is 3. The number of fused-ring (bicyclic) bond motifs is 3. The first kappa shape index (κ1) is 35.9. The number of hydrogen-bond acceptors (Lipinski definition) is 10. The molecule has 1 aromatic heterocycles. The smallest absolute Gasteiger partial charge is 0.408 e. The van der Waals surface area contributed by atoms with E-state index in [1.807, 2.05) is 12.2 Å². The zero-order valence-electron chi connectivity index (χ0n) is 29.1. The van der Waals surface area contributed by atoms with Crippen molar-refractivity contribution in [2.24, 2.45) is 5.92 Å². The summed E-state index contributed by atoms with van der Waals surface area (Å²) in [5, 5.41) is 16.1. The van der Waals surface area contributed by atoms with E-state index in [0.29, 0.717) is 35.9 Å². The number of aromatic nitrogens is 1. The van der Waals surface area contributed by atoms with Crippen molar-refractivity contribution in [2.45, 2.75) is 107 Å². The van der Waals surface area contributed by atoms with Crippen molar-refractivity contribution >= 4 is 40.7 Å². The Kier molecular flexibility index (Phi) is 11.0. The molecule has 1 aromatic carbocycles. The monoisotopic (exact) mass is 706 g/mol. The summed E-state index contributed by atoms with van der Waals surface area (Å²) >= 11 is 0. The maximum atomic E-state index is 14.4. The molecule has 2 saturated carbocycles. The summed E-state index contributed by atoms with van der Waals surface area (Å²) in [6.45, 7) is 1.81. The van der Waals surface area contributed by atoms with Crippen LogP contribution in [-0.4, -0.2) is 94.9 Å². The van der Waals surface area contributed by atoms with E-state index in [4.69, 9.17) is 18.9 Å². The Morgan fingerprint density at radius 2 is 1.84 bits per heavy atom. The lowest BCUT2D eigenvalue weighted by Crippen LogP contribution is -2.56. The molecule has 5 atom stereocenters. The molecule has 2 aromatic rings. The van der Waals surface area contributed by atoms with E-state index in [9.17, 15) is 29.1 Å². The molecule has 274 valence electrons. The quantitative estimate of drug-likeness (QED) is 0.263. The molecule has 2 aliphatic carbocycles. The number of carbonyl (C=O) groups excluding carboxylic acids is 4. The molecule has 14 heteroatoms. The topological polar surface area (TPSA) is 183 Å².